The van der Waals surface area contributed by atoms with Crippen molar-refractivity contribution in [3.05, 3.63) is 29.8 Å². The Labute approximate surface area is 156 Å². The number of carbonyl (C=O) groups is 1. The zero-order valence-corrected chi connectivity index (χ0v) is 16.9. The van der Waals surface area contributed by atoms with E-state index < -0.39 is 17.2 Å². The highest BCUT2D eigenvalue weighted by atomic mass is 16.6. The number of rotatable bonds is 6. The Hall–Kier alpha value is -2.44. The summed E-state index contributed by atoms with van der Waals surface area (Å²) < 4.78 is 10.6. The summed E-state index contributed by atoms with van der Waals surface area (Å²) in [6, 6.07) is 7.80. The highest BCUT2D eigenvalue weighted by Gasteiger charge is 2.24. The SMILES string of the molecule is CN=C(NCc1ccccc1OC)NCC(C)(C)NC(=O)OC(C)(C)C. The lowest BCUT2D eigenvalue weighted by Gasteiger charge is -2.29. The van der Waals surface area contributed by atoms with Crippen LogP contribution in [0.15, 0.2) is 29.3 Å². The van der Waals surface area contributed by atoms with Gasteiger partial charge in [0.15, 0.2) is 5.96 Å². The molecule has 0 aliphatic heterocycles. The molecular formula is C19H32N4O3. The molecular weight excluding hydrogens is 332 g/mol. The van der Waals surface area contributed by atoms with E-state index in [1.807, 2.05) is 58.9 Å². The summed E-state index contributed by atoms with van der Waals surface area (Å²) in [4.78, 5) is 16.2. The highest BCUT2D eigenvalue weighted by Crippen LogP contribution is 2.16. The van der Waals surface area contributed by atoms with Crippen LogP contribution in [-0.2, 0) is 11.3 Å². The molecule has 0 aliphatic rings. The minimum Gasteiger partial charge on any atom is -0.496 e. The van der Waals surface area contributed by atoms with Crippen LogP contribution >= 0.6 is 0 Å². The van der Waals surface area contributed by atoms with E-state index in [0.29, 0.717) is 19.0 Å². The van der Waals surface area contributed by atoms with Crippen LogP contribution in [0, 0.1) is 0 Å². The van der Waals surface area contributed by atoms with Gasteiger partial charge in [-0.2, -0.15) is 0 Å². The van der Waals surface area contributed by atoms with Crippen molar-refractivity contribution in [2.24, 2.45) is 4.99 Å². The maximum atomic E-state index is 11.9. The number of hydrogen-bond donors (Lipinski definition) is 3. The van der Waals surface area contributed by atoms with Gasteiger partial charge in [-0.1, -0.05) is 18.2 Å². The lowest BCUT2D eigenvalue weighted by Crippen LogP contribution is -2.54. The molecule has 0 fully saturated rings. The standard InChI is InChI=1S/C19H32N4O3/c1-18(2,3)26-17(24)23-19(4,5)13-22-16(20-6)21-12-14-10-8-9-11-15(14)25-7/h8-11H,12-13H2,1-7H3,(H,23,24)(H2,20,21,22). The van der Waals surface area contributed by atoms with Crippen LogP contribution in [0.25, 0.3) is 0 Å². The first-order valence-electron chi connectivity index (χ1n) is 8.64. The second kappa shape index (κ2) is 9.31. The molecule has 1 amide bonds. The van der Waals surface area contributed by atoms with Gasteiger partial charge in [-0.15, -0.1) is 0 Å². The topological polar surface area (TPSA) is 84.0 Å². The second-order valence-corrected chi connectivity index (χ2v) is 7.60. The molecule has 0 spiro atoms. The molecule has 0 bridgehead atoms. The number of hydrogen-bond acceptors (Lipinski definition) is 4. The first-order chi connectivity index (χ1) is 12.1. The molecule has 0 radical (unpaired) electrons. The van der Waals surface area contributed by atoms with E-state index in [4.69, 9.17) is 9.47 Å². The van der Waals surface area contributed by atoms with Crippen LogP contribution in [0.5, 0.6) is 5.75 Å². The van der Waals surface area contributed by atoms with E-state index >= 15 is 0 Å². The number of amides is 1. The average molecular weight is 364 g/mol. The minimum absolute atomic E-state index is 0.443. The minimum atomic E-state index is -0.528. The molecule has 146 valence electrons. The van der Waals surface area contributed by atoms with Crippen LogP contribution < -0.4 is 20.7 Å². The fraction of sp³-hybridized carbons (Fsp3) is 0.579. The fourth-order valence-corrected chi connectivity index (χ4v) is 2.18. The van der Waals surface area contributed by atoms with Gasteiger partial charge in [-0.3, -0.25) is 4.99 Å². The molecule has 0 unspecified atom stereocenters. The van der Waals surface area contributed by atoms with E-state index in [2.05, 4.69) is 20.9 Å². The molecule has 1 aromatic rings. The molecule has 7 heteroatoms. The van der Waals surface area contributed by atoms with Crippen LogP contribution in [0.3, 0.4) is 0 Å². The van der Waals surface area contributed by atoms with E-state index in [0.717, 1.165) is 11.3 Å². The largest absolute Gasteiger partial charge is 0.496 e. The number of alkyl carbamates (subject to hydrolysis) is 1. The number of nitrogens with zero attached hydrogens (tertiary/aromatic N) is 1. The number of nitrogens with one attached hydrogen (secondary N) is 3. The number of ether oxygens (including phenoxy) is 2. The Kier molecular flexibility index (Phi) is 7.74. The number of aliphatic imine (C=N–C) groups is 1. The fourth-order valence-electron chi connectivity index (χ4n) is 2.18. The van der Waals surface area contributed by atoms with Gasteiger partial charge in [0.2, 0.25) is 0 Å². The van der Waals surface area contributed by atoms with Gasteiger partial charge < -0.3 is 25.4 Å². The predicted molar refractivity (Wildman–Crippen MR) is 105 cm³/mol. The Bertz CT molecular complexity index is 621. The summed E-state index contributed by atoms with van der Waals surface area (Å²) >= 11 is 0. The van der Waals surface area contributed by atoms with Crippen molar-refractivity contribution in [3.63, 3.8) is 0 Å². The molecule has 7 nitrogen and oxygen atoms in total. The number of carbonyl (C=O) groups excluding carboxylic acids is 1. The number of guanidine groups is 1. The summed E-state index contributed by atoms with van der Waals surface area (Å²) in [5, 5.41) is 9.31. The van der Waals surface area contributed by atoms with Crippen LogP contribution in [0.4, 0.5) is 4.79 Å². The van der Waals surface area contributed by atoms with Crippen molar-refractivity contribution in [3.8, 4) is 5.75 Å². The summed E-state index contributed by atoms with van der Waals surface area (Å²) in [7, 11) is 3.35. The maximum absolute atomic E-state index is 11.9. The molecule has 26 heavy (non-hydrogen) atoms. The Balaban J connectivity index is 2.53. The normalized spacial score (nSPS) is 12.3. The lowest BCUT2D eigenvalue weighted by molar-refractivity contribution is 0.0474. The Morgan fingerprint density at radius 2 is 1.77 bits per heavy atom. The van der Waals surface area contributed by atoms with Gasteiger partial charge >= 0.3 is 6.09 Å². The summed E-state index contributed by atoms with van der Waals surface area (Å²) in [5.41, 5.74) is -0.00582. The summed E-state index contributed by atoms with van der Waals surface area (Å²) in [6.07, 6.45) is -0.443. The first kappa shape index (κ1) is 21.6. The van der Waals surface area contributed by atoms with Crippen LogP contribution in [0.1, 0.15) is 40.2 Å². The highest BCUT2D eigenvalue weighted by molar-refractivity contribution is 5.80. The first-order valence-corrected chi connectivity index (χ1v) is 8.64. The zero-order chi connectivity index (χ0) is 19.8. The van der Waals surface area contributed by atoms with E-state index in [-0.39, 0.29) is 0 Å². The van der Waals surface area contributed by atoms with E-state index in [9.17, 15) is 4.79 Å². The van der Waals surface area contributed by atoms with Crippen molar-refractivity contribution < 1.29 is 14.3 Å². The number of benzene rings is 1. The molecule has 3 N–H and O–H groups in total. The lowest BCUT2D eigenvalue weighted by atomic mass is 10.1. The van der Waals surface area contributed by atoms with Crippen molar-refractivity contribution in [2.75, 3.05) is 20.7 Å². The number of para-hydroxylation sites is 1. The molecule has 0 aliphatic carbocycles. The molecule has 0 atom stereocenters. The third-order valence-corrected chi connectivity index (χ3v) is 3.40. The second-order valence-electron chi connectivity index (χ2n) is 7.60. The van der Waals surface area contributed by atoms with Gasteiger partial charge in [0.25, 0.3) is 0 Å². The van der Waals surface area contributed by atoms with Gasteiger partial charge in [-0.25, -0.2) is 4.79 Å². The zero-order valence-electron chi connectivity index (χ0n) is 16.9. The van der Waals surface area contributed by atoms with Crippen molar-refractivity contribution >= 4 is 12.1 Å². The Morgan fingerprint density at radius 3 is 2.35 bits per heavy atom. The van der Waals surface area contributed by atoms with Crippen molar-refractivity contribution in [1.82, 2.24) is 16.0 Å². The average Bonchev–Trinajstić information content (AvgIpc) is 2.52. The summed E-state index contributed by atoms with van der Waals surface area (Å²) in [5.74, 6) is 1.46. The van der Waals surface area contributed by atoms with Crippen molar-refractivity contribution in [1.29, 1.82) is 0 Å². The third kappa shape index (κ3) is 8.09. The molecule has 1 rings (SSSR count). The number of methoxy groups -OCH3 is 1. The van der Waals surface area contributed by atoms with E-state index in [1.165, 1.54) is 0 Å². The predicted octanol–water partition coefficient (Wildman–Crippen LogP) is 2.66. The summed E-state index contributed by atoms with van der Waals surface area (Å²) in [6.45, 7) is 10.4. The molecule has 0 heterocycles. The van der Waals surface area contributed by atoms with Crippen LogP contribution in [-0.4, -0.2) is 43.9 Å². The van der Waals surface area contributed by atoms with Gasteiger partial charge in [-0.05, 0) is 40.7 Å². The maximum Gasteiger partial charge on any atom is 0.408 e. The molecule has 1 aromatic carbocycles. The third-order valence-electron chi connectivity index (χ3n) is 3.40. The Morgan fingerprint density at radius 1 is 1.12 bits per heavy atom. The molecule has 0 aromatic heterocycles. The van der Waals surface area contributed by atoms with Crippen LogP contribution in [0.2, 0.25) is 0 Å². The molecule has 0 saturated heterocycles. The van der Waals surface area contributed by atoms with Gasteiger partial charge in [0.1, 0.15) is 11.4 Å². The quantitative estimate of drug-likeness (QED) is 0.534. The monoisotopic (exact) mass is 364 g/mol. The van der Waals surface area contributed by atoms with E-state index in [1.54, 1.807) is 14.2 Å². The van der Waals surface area contributed by atoms with Gasteiger partial charge in [0, 0.05) is 25.7 Å². The van der Waals surface area contributed by atoms with Crippen molar-refractivity contribution in [2.45, 2.75) is 52.3 Å². The smallest absolute Gasteiger partial charge is 0.408 e. The molecule has 0 saturated carbocycles. The van der Waals surface area contributed by atoms with Gasteiger partial charge in [0.05, 0.1) is 12.6 Å².